The Labute approximate surface area is 54.3 Å². The number of benzene rings is 1. The van der Waals surface area contributed by atoms with E-state index in [-0.39, 0.29) is 0 Å². The summed E-state index contributed by atoms with van der Waals surface area (Å²) in [7, 11) is 0. The zero-order chi connectivity index (χ0) is 6.27. The van der Waals surface area contributed by atoms with Crippen molar-refractivity contribution < 1.29 is 4.74 Å². The van der Waals surface area contributed by atoms with E-state index >= 15 is 0 Å². The van der Waals surface area contributed by atoms with Gasteiger partial charge in [0.2, 0.25) is 0 Å². The summed E-state index contributed by atoms with van der Waals surface area (Å²) in [5.74, 6) is 1.06. The normalized spacial score (nSPS) is 13.4. The van der Waals surface area contributed by atoms with Crippen molar-refractivity contribution in [2.24, 2.45) is 0 Å². The van der Waals surface area contributed by atoms with Crippen LogP contribution in [0.4, 0.5) is 0 Å². The SMILES string of the molecule is Cc1ccc2c(c1)OC2. The molecule has 1 aliphatic heterocycles. The molecule has 0 fully saturated rings. The van der Waals surface area contributed by atoms with Crippen LogP contribution in [-0.2, 0) is 6.61 Å². The van der Waals surface area contributed by atoms with Gasteiger partial charge in [0.15, 0.2) is 0 Å². The van der Waals surface area contributed by atoms with Gasteiger partial charge in [0.1, 0.15) is 12.4 Å². The van der Waals surface area contributed by atoms with Gasteiger partial charge in [0.25, 0.3) is 0 Å². The van der Waals surface area contributed by atoms with E-state index in [2.05, 4.69) is 25.1 Å². The Morgan fingerprint density at radius 1 is 1.44 bits per heavy atom. The molecule has 0 atom stereocenters. The van der Waals surface area contributed by atoms with Crippen molar-refractivity contribution in [3.63, 3.8) is 0 Å². The molecule has 0 spiro atoms. The third-order valence-electron chi connectivity index (χ3n) is 1.61. The number of aryl methyl sites for hydroxylation is 1. The van der Waals surface area contributed by atoms with Gasteiger partial charge in [-0.1, -0.05) is 12.1 Å². The molecule has 0 saturated heterocycles. The average Bonchev–Trinajstić information content (AvgIpc) is 1.78. The van der Waals surface area contributed by atoms with Gasteiger partial charge in [0, 0.05) is 5.56 Å². The summed E-state index contributed by atoms with van der Waals surface area (Å²) in [5.41, 5.74) is 2.61. The van der Waals surface area contributed by atoms with Crippen LogP contribution in [0.15, 0.2) is 18.2 Å². The summed E-state index contributed by atoms with van der Waals surface area (Å²) < 4.78 is 5.16. The highest BCUT2D eigenvalue weighted by atomic mass is 16.5. The van der Waals surface area contributed by atoms with E-state index in [9.17, 15) is 0 Å². The maximum absolute atomic E-state index is 5.16. The lowest BCUT2D eigenvalue weighted by Gasteiger charge is -2.19. The van der Waals surface area contributed by atoms with E-state index < -0.39 is 0 Å². The van der Waals surface area contributed by atoms with Crippen molar-refractivity contribution in [3.05, 3.63) is 29.3 Å². The monoisotopic (exact) mass is 120 g/mol. The van der Waals surface area contributed by atoms with E-state index in [4.69, 9.17) is 4.74 Å². The number of hydrogen-bond donors (Lipinski definition) is 0. The van der Waals surface area contributed by atoms with Crippen LogP contribution in [0, 0.1) is 6.92 Å². The first kappa shape index (κ1) is 4.86. The molecule has 1 heterocycles. The van der Waals surface area contributed by atoms with Gasteiger partial charge >= 0.3 is 0 Å². The number of hydrogen-bond acceptors (Lipinski definition) is 1. The Morgan fingerprint density at radius 2 is 2.33 bits per heavy atom. The molecule has 1 aromatic rings. The molecule has 1 nitrogen and oxygen atoms in total. The van der Waals surface area contributed by atoms with Gasteiger partial charge in [0.05, 0.1) is 0 Å². The standard InChI is InChI=1S/C8H8O/c1-6-2-3-7-5-9-8(7)4-6/h2-4H,5H2,1H3. The first-order valence-electron chi connectivity index (χ1n) is 3.08. The van der Waals surface area contributed by atoms with Crippen LogP contribution in [0.3, 0.4) is 0 Å². The van der Waals surface area contributed by atoms with Crippen molar-refractivity contribution in [2.75, 3.05) is 0 Å². The lowest BCUT2D eigenvalue weighted by Crippen LogP contribution is -2.08. The second-order valence-electron chi connectivity index (χ2n) is 2.40. The molecule has 2 rings (SSSR count). The number of rotatable bonds is 0. The minimum atomic E-state index is 0.801. The molecular formula is C8H8O. The lowest BCUT2D eigenvalue weighted by molar-refractivity contribution is 0.243. The Kier molecular flexibility index (Phi) is 0.810. The second kappa shape index (κ2) is 1.50. The molecule has 46 valence electrons. The largest absolute Gasteiger partial charge is 0.488 e. The molecule has 1 aliphatic rings. The summed E-state index contributed by atoms with van der Waals surface area (Å²) in [5, 5.41) is 0. The highest BCUT2D eigenvalue weighted by Gasteiger charge is 2.12. The van der Waals surface area contributed by atoms with E-state index in [0.29, 0.717) is 0 Å². The van der Waals surface area contributed by atoms with E-state index in [1.807, 2.05) is 0 Å². The topological polar surface area (TPSA) is 9.23 Å². The predicted molar refractivity (Wildman–Crippen MR) is 35.5 cm³/mol. The zero-order valence-electron chi connectivity index (χ0n) is 5.35. The molecule has 1 aromatic carbocycles. The second-order valence-corrected chi connectivity index (χ2v) is 2.40. The first-order valence-corrected chi connectivity index (χ1v) is 3.08. The summed E-state index contributed by atoms with van der Waals surface area (Å²) in [6.45, 7) is 2.87. The summed E-state index contributed by atoms with van der Waals surface area (Å²) in [6, 6.07) is 6.30. The Morgan fingerprint density at radius 3 is 2.78 bits per heavy atom. The van der Waals surface area contributed by atoms with Crippen molar-refractivity contribution in [3.8, 4) is 5.75 Å². The van der Waals surface area contributed by atoms with Crippen molar-refractivity contribution in [1.29, 1.82) is 0 Å². The van der Waals surface area contributed by atoms with Gasteiger partial charge in [-0.2, -0.15) is 0 Å². The summed E-state index contributed by atoms with van der Waals surface area (Å²) in [6.07, 6.45) is 0. The summed E-state index contributed by atoms with van der Waals surface area (Å²) in [4.78, 5) is 0. The van der Waals surface area contributed by atoms with Crippen LogP contribution >= 0.6 is 0 Å². The zero-order valence-corrected chi connectivity index (χ0v) is 5.35. The molecule has 0 amide bonds. The first-order chi connectivity index (χ1) is 4.36. The van der Waals surface area contributed by atoms with Gasteiger partial charge in [-0.15, -0.1) is 0 Å². The van der Waals surface area contributed by atoms with Crippen LogP contribution < -0.4 is 4.74 Å². The molecule has 0 radical (unpaired) electrons. The molecular weight excluding hydrogens is 112 g/mol. The van der Waals surface area contributed by atoms with Crippen molar-refractivity contribution in [2.45, 2.75) is 13.5 Å². The molecule has 9 heavy (non-hydrogen) atoms. The van der Waals surface area contributed by atoms with Crippen LogP contribution in [0.2, 0.25) is 0 Å². The smallest absolute Gasteiger partial charge is 0.126 e. The maximum atomic E-state index is 5.16. The Balaban J connectivity index is 2.57. The molecule has 1 heteroatoms. The maximum Gasteiger partial charge on any atom is 0.126 e. The molecule has 0 aromatic heterocycles. The van der Waals surface area contributed by atoms with Crippen LogP contribution in [0.25, 0.3) is 0 Å². The molecule has 0 N–H and O–H groups in total. The Bertz CT molecular complexity index is 240. The fourth-order valence-electron chi connectivity index (χ4n) is 0.990. The third-order valence-corrected chi connectivity index (χ3v) is 1.61. The molecule has 0 bridgehead atoms. The van der Waals surface area contributed by atoms with E-state index in [1.54, 1.807) is 0 Å². The molecule has 0 aliphatic carbocycles. The van der Waals surface area contributed by atoms with Gasteiger partial charge in [-0.05, 0) is 18.6 Å². The number of fused-ring (bicyclic) bond motifs is 1. The fourth-order valence-corrected chi connectivity index (χ4v) is 0.990. The van der Waals surface area contributed by atoms with Gasteiger partial charge in [-0.3, -0.25) is 0 Å². The summed E-state index contributed by atoms with van der Waals surface area (Å²) >= 11 is 0. The van der Waals surface area contributed by atoms with Crippen LogP contribution in [0.1, 0.15) is 11.1 Å². The van der Waals surface area contributed by atoms with Crippen LogP contribution in [-0.4, -0.2) is 0 Å². The average molecular weight is 120 g/mol. The minimum Gasteiger partial charge on any atom is -0.488 e. The van der Waals surface area contributed by atoms with Crippen molar-refractivity contribution >= 4 is 0 Å². The predicted octanol–water partition coefficient (Wildman–Crippen LogP) is 1.89. The van der Waals surface area contributed by atoms with Crippen molar-refractivity contribution in [1.82, 2.24) is 0 Å². The van der Waals surface area contributed by atoms with Gasteiger partial charge < -0.3 is 4.74 Å². The molecule has 0 unspecified atom stereocenters. The minimum absolute atomic E-state index is 0.801. The third kappa shape index (κ3) is 0.611. The highest BCUT2D eigenvalue weighted by Crippen LogP contribution is 2.28. The number of ether oxygens (including phenoxy) is 1. The Hall–Kier alpha value is -0.980. The van der Waals surface area contributed by atoms with E-state index in [1.165, 1.54) is 11.1 Å². The van der Waals surface area contributed by atoms with E-state index in [0.717, 1.165) is 12.4 Å². The lowest BCUT2D eigenvalue weighted by atomic mass is 10.1. The van der Waals surface area contributed by atoms with Crippen LogP contribution in [0.5, 0.6) is 5.75 Å². The quantitative estimate of drug-likeness (QED) is 0.508. The fraction of sp³-hybridized carbons (Fsp3) is 0.250. The molecule has 0 saturated carbocycles. The van der Waals surface area contributed by atoms with Gasteiger partial charge in [-0.25, -0.2) is 0 Å². The highest BCUT2D eigenvalue weighted by molar-refractivity contribution is 5.41.